The molecule has 0 spiro atoms. The van der Waals surface area contributed by atoms with Crippen molar-refractivity contribution in [1.82, 2.24) is 4.98 Å². The number of hydrogen-bond acceptors (Lipinski definition) is 2. The molecule has 0 fully saturated rings. The maximum Gasteiger partial charge on any atom is 0.250 e. The molecule has 0 aliphatic rings. The van der Waals surface area contributed by atoms with E-state index in [1.165, 1.54) is 0 Å². The molecule has 1 nitrogen and oxygen atoms in total. The van der Waals surface area contributed by atoms with E-state index in [0.29, 0.717) is 11.8 Å². The Morgan fingerprint density at radius 3 is 2.21 bits per heavy atom. The third kappa shape index (κ3) is 3.50. The van der Waals surface area contributed by atoms with Gasteiger partial charge >= 0.3 is 0 Å². The van der Waals surface area contributed by atoms with E-state index in [-0.39, 0.29) is 5.03 Å². The van der Waals surface area contributed by atoms with Crippen LogP contribution in [0.25, 0.3) is 0 Å². The Balaban J connectivity index is 2.16. The molecule has 100 valence electrons. The fraction of sp³-hybridized carbons (Fsp3) is 0.214. The van der Waals surface area contributed by atoms with Gasteiger partial charge in [0, 0.05) is 11.8 Å². The summed E-state index contributed by atoms with van der Waals surface area (Å²) < 4.78 is 39.1. The van der Waals surface area contributed by atoms with Crippen LogP contribution in [0.2, 0.25) is 0 Å². The predicted molar refractivity (Wildman–Crippen MR) is 69.6 cm³/mol. The molecule has 2 rings (SSSR count). The van der Waals surface area contributed by atoms with Crippen molar-refractivity contribution < 1.29 is 13.2 Å². The number of halogens is 3. The quantitative estimate of drug-likeness (QED) is 0.611. The summed E-state index contributed by atoms with van der Waals surface area (Å²) in [6.45, 7) is 3.94. The van der Waals surface area contributed by atoms with Crippen molar-refractivity contribution in [2.24, 2.45) is 0 Å². The van der Waals surface area contributed by atoms with E-state index < -0.39 is 17.6 Å². The largest absolute Gasteiger partial charge is 0.250 e. The van der Waals surface area contributed by atoms with Gasteiger partial charge in [-0.1, -0.05) is 41.1 Å². The molecule has 19 heavy (non-hydrogen) atoms. The summed E-state index contributed by atoms with van der Waals surface area (Å²) in [6, 6.07) is 6.49. The summed E-state index contributed by atoms with van der Waals surface area (Å²) in [6.07, 6.45) is 0. The van der Waals surface area contributed by atoms with Crippen LogP contribution in [0.4, 0.5) is 13.2 Å². The zero-order valence-electron chi connectivity index (χ0n) is 10.5. The second-order valence-corrected chi connectivity index (χ2v) is 5.30. The third-order valence-electron chi connectivity index (χ3n) is 2.51. The Hall–Kier alpha value is -1.49. The number of rotatable bonds is 3. The zero-order chi connectivity index (χ0) is 14.0. The molecule has 0 aliphatic heterocycles. The number of benzene rings is 1. The maximum atomic E-state index is 13.4. The summed E-state index contributed by atoms with van der Waals surface area (Å²) in [5.74, 6) is -2.93. The molecule has 0 radical (unpaired) electrons. The van der Waals surface area contributed by atoms with E-state index in [4.69, 9.17) is 0 Å². The van der Waals surface area contributed by atoms with Crippen LogP contribution >= 0.6 is 11.8 Å². The molecule has 0 saturated heterocycles. The first-order valence-corrected chi connectivity index (χ1v) is 6.66. The lowest BCUT2D eigenvalue weighted by Crippen LogP contribution is -1.96. The summed E-state index contributed by atoms with van der Waals surface area (Å²) in [5.41, 5.74) is 3.21. The van der Waals surface area contributed by atoms with Gasteiger partial charge in [0.05, 0.1) is 0 Å². The predicted octanol–water partition coefficient (Wildman–Crippen LogP) is 4.41. The van der Waals surface area contributed by atoms with Gasteiger partial charge in [0.25, 0.3) is 0 Å². The molecular weight excluding hydrogens is 271 g/mol. The van der Waals surface area contributed by atoms with Gasteiger partial charge in [0.2, 0.25) is 5.95 Å². The lowest BCUT2D eigenvalue weighted by atomic mass is 10.1. The fourth-order valence-electron chi connectivity index (χ4n) is 1.83. The average Bonchev–Trinajstić information content (AvgIpc) is 2.31. The van der Waals surface area contributed by atoms with Crippen LogP contribution in [-0.2, 0) is 5.75 Å². The van der Waals surface area contributed by atoms with Crippen molar-refractivity contribution >= 4 is 11.8 Å². The topological polar surface area (TPSA) is 12.9 Å². The molecule has 5 heteroatoms. The monoisotopic (exact) mass is 283 g/mol. The summed E-state index contributed by atoms with van der Waals surface area (Å²) in [5, 5.41) is -0.127. The van der Waals surface area contributed by atoms with Crippen LogP contribution in [0.1, 0.15) is 16.7 Å². The molecular formula is C14H12F3NS. The Labute approximate surface area is 113 Å². The molecule has 0 amide bonds. The lowest BCUT2D eigenvalue weighted by Gasteiger charge is -2.06. The minimum absolute atomic E-state index is 0.127. The first-order valence-electron chi connectivity index (χ1n) is 5.67. The highest BCUT2D eigenvalue weighted by atomic mass is 32.2. The normalized spacial score (nSPS) is 10.8. The molecule has 0 bridgehead atoms. The number of pyridine rings is 1. The molecule has 0 saturated carbocycles. The molecule has 0 N–H and O–H groups in total. The Kier molecular flexibility index (Phi) is 4.14. The van der Waals surface area contributed by atoms with Gasteiger partial charge in [-0.15, -0.1) is 0 Å². The van der Waals surface area contributed by atoms with Crippen molar-refractivity contribution in [3.8, 4) is 0 Å². The van der Waals surface area contributed by atoms with Crippen LogP contribution in [0.5, 0.6) is 0 Å². The second kappa shape index (κ2) is 5.65. The number of thioether (sulfide) groups is 1. The van der Waals surface area contributed by atoms with E-state index >= 15 is 0 Å². The number of nitrogens with zero attached hydrogens (tertiary/aromatic N) is 1. The highest BCUT2D eigenvalue weighted by Gasteiger charge is 2.12. The second-order valence-electron chi connectivity index (χ2n) is 4.33. The van der Waals surface area contributed by atoms with Crippen LogP contribution in [0, 0.1) is 31.4 Å². The SMILES string of the molecule is Cc1cc(C)cc(CSc2nc(F)c(F)cc2F)c1. The first kappa shape index (κ1) is 13.9. The van der Waals surface area contributed by atoms with Gasteiger partial charge < -0.3 is 0 Å². The molecule has 2 aromatic rings. The summed E-state index contributed by atoms with van der Waals surface area (Å²) in [4.78, 5) is 3.28. The van der Waals surface area contributed by atoms with E-state index in [1.807, 2.05) is 32.0 Å². The van der Waals surface area contributed by atoms with Gasteiger partial charge in [0.1, 0.15) is 5.03 Å². The lowest BCUT2D eigenvalue weighted by molar-refractivity contribution is 0.448. The molecule has 0 unspecified atom stereocenters. The highest BCUT2D eigenvalue weighted by Crippen LogP contribution is 2.25. The highest BCUT2D eigenvalue weighted by molar-refractivity contribution is 7.98. The Morgan fingerprint density at radius 2 is 1.58 bits per heavy atom. The van der Waals surface area contributed by atoms with Crippen LogP contribution in [-0.4, -0.2) is 4.98 Å². The Morgan fingerprint density at radius 1 is 0.947 bits per heavy atom. The van der Waals surface area contributed by atoms with Crippen molar-refractivity contribution in [2.75, 3.05) is 0 Å². The number of hydrogen-bond donors (Lipinski definition) is 0. The molecule has 1 aromatic heterocycles. The zero-order valence-corrected chi connectivity index (χ0v) is 11.3. The van der Waals surface area contributed by atoms with Gasteiger partial charge in [-0.05, 0) is 19.4 Å². The van der Waals surface area contributed by atoms with Gasteiger partial charge in [-0.2, -0.15) is 4.39 Å². The molecule has 1 heterocycles. The van der Waals surface area contributed by atoms with E-state index in [0.717, 1.165) is 28.5 Å². The van der Waals surface area contributed by atoms with Gasteiger partial charge in [-0.3, -0.25) is 0 Å². The maximum absolute atomic E-state index is 13.4. The number of aryl methyl sites for hydroxylation is 2. The van der Waals surface area contributed by atoms with Crippen LogP contribution in [0.3, 0.4) is 0 Å². The third-order valence-corrected chi connectivity index (χ3v) is 3.55. The van der Waals surface area contributed by atoms with Crippen LogP contribution < -0.4 is 0 Å². The first-order chi connectivity index (χ1) is 8.95. The van der Waals surface area contributed by atoms with E-state index in [1.54, 1.807) is 0 Å². The van der Waals surface area contributed by atoms with E-state index in [2.05, 4.69) is 4.98 Å². The smallest absolute Gasteiger partial charge is 0.208 e. The van der Waals surface area contributed by atoms with E-state index in [9.17, 15) is 13.2 Å². The van der Waals surface area contributed by atoms with Crippen molar-refractivity contribution in [3.63, 3.8) is 0 Å². The number of aromatic nitrogens is 1. The average molecular weight is 283 g/mol. The molecule has 0 atom stereocenters. The van der Waals surface area contributed by atoms with Crippen LogP contribution in [0.15, 0.2) is 29.3 Å². The molecule has 0 aliphatic carbocycles. The fourth-order valence-corrected chi connectivity index (χ4v) is 2.65. The summed E-state index contributed by atoms with van der Waals surface area (Å²) in [7, 11) is 0. The van der Waals surface area contributed by atoms with Crippen molar-refractivity contribution in [1.29, 1.82) is 0 Å². The molecule has 1 aromatic carbocycles. The minimum Gasteiger partial charge on any atom is -0.208 e. The van der Waals surface area contributed by atoms with Crippen molar-refractivity contribution in [2.45, 2.75) is 24.6 Å². The summed E-state index contributed by atoms with van der Waals surface area (Å²) >= 11 is 1.05. The van der Waals surface area contributed by atoms with Gasteiger partial charge in [-0.25, -0.2) is 13.8 Å². The standard InChI is InChI=1S/C14H12F3NS/c1-8-3-9(2)5-10(4-8)7-19-14-12(16)6-11(15)13(17)18-14/h3-6H,7H2,1-2H3. The van der Waals surface area contributed by atoms with Gasteiger partial charge in [0.15, 0.2) is 11.6 Å². The minimum atomic E-state index is -1.27. The Bertz CT molecular complexity index is 594. The van der Waals surface area contributed by atoms with Crippen molar-refractivity contribution in [3.05, 3.63) is 58.5 Å².